The number of aliphatic carboxylic acids is 1. The summed E-state index contributed by atoms with van der Waals surface area (Å²) in [6, 6.07) is -1.03. The lowest BCUT2D eigenvalue weighted by atomic mass is 9.98. The number of rotatable bonds is 5. The van der Waals surface area contributed by atoms with Crippen molar-refractivity contribution in [1.82, 2.24) is 15.1 Å². The lowest BCUT2D eigenvalue weighted by molar-refractivity contribution is -0.140. The molecule has 0 spiro atoms. The third-order valence-electron chi connectivity index (χ3n) is 3.72. The molecule has 0 saturated heterocycles. The van der Waals surface area contributed by atoms with Gasteiger partial charge in [0.25, 0.3) is 11.5 Å². The van der Waals surface area contributed by atoms with Gasteiger partial charge in [-0.15, -0.1) is 0 Å². The van der Waals surface area contributed by atoms with Gasteiger partial charge in [-0.3, -0.25) is 9.59 Å². The van der Waals surface area contributed by atoms with Crippen LogP contribution in [0.4, 0.5) is 0 Å². The largest absolute Gasteiger partial charge is 0.480 e. The van der Waals surface area contributed by atoms with E-state index in [1.807, 2.05) is 6.92 Å². The van der Waals surface area contributed by atoms with Gasteiger partial charge < -0.3 is 10.4 Å². The van der Waals surface area contributed by atoms with Crippen molar-refractivity contribution in [2.45, 2.75) is 40.2 Å². The van der Waals surface area contributed by atoms with E-state index in [0.29, 0.717) is 17.7 Å². The Balaban J connectivity index is 3.21. The molecule has 0 fully saturated rings. The molecule has 0 bridgehead atoms. The zero-order valence-corrected chi connectivity index (χ0v) is 12.9. The predicted octanol–water partition coefficient (Wildman–Crippen LogP) is 0.626. The smallest absolute Gasteiger partial charge is 0.326 e. The summed E-state index contributed by atoms with van der Waals surface area (Å²) in [6.45, 7) is 6.89. The predicted molar refractivity (Wildman–Crippen MR) is 77.3 cm³/mol. The Morgan fingerprint density at radius 2 is 1.95 bits per heavy atom. The maximum Gasteiger partial charge on any atom is 0.326 e. The highest BCUT2D eigenvalue weighted by Crippen LogP contribution is 2.11. The van der Waals surface area contributed by atoms with Gasteiger partial charge in [0.15, 0.2) is 0 Å². The van der Waals surface area contributed by atoms with Crippen LogP contribution in [0.2, 0.25) is 0 Å². The molecule has 0 aliphatic carbocycles. The van der Waals surface area contributed by atoms with Crippen LogP contribution in [0.3, 0.4) is 0 Å². The van der Waals surface area contributed by atoms with E-state index in [-0.39, 0.29) is 11.5 Å². The number of nitrogens with one attached hydrogen (secondary N) is 1. The second kappa shape index (κ2) is 6.51. The molecule has 0 aromatic carbocycles. The van der Waals surface area contributed by atoms with Gasteiger partial charge in [0.05, 0.1) is 5.69 Å². The normalized spacial score (nSPS) is 13.6. The summed E-state index contributed by atoms with van der Waals surface area (Å²) in [5, 5.41) is 15.6. The van der Waals surface area contributed by atoms with E-state index in [2.05, 4.69) is 10.4 Å². The lowest BCUT2D eigenvalue weighted by Crippen LogP contribution is -2.47. The first-order valence-corrected chi connectivity index (χ1v) is 6.78. The van der Waals surface area contributed by atoms with E-state index < -0.39 is 23.5 Å². The topological polar surface area (TPSA) is 101 Å². The Morgan fingerprint density at radius 1 is 1.38 bits per heavy atom. The first-order chi connectivity index (χ1) is 9.70. The molecule has 2 atom stereocenters. The minimum Gasteiger partial charge on any atom is -0.480 e. The van der Waals surface area contributed by atoms with Gasteiger partial charge in [-0.05, 0) is 25.3 Å². The van der Waals surface area contributed by atoms with Crippen LogP contribution >= 0.6 is 0 Å². The summed E-state index contributed by atoms with van der Waals surface area (Å²) in [5.41, 5.74) is 0.421. The van der Waals surface area contributed by atoms with Crippen LogP contribution in [0.1, 0.15) is 41.9 Å². The van der Waals surface area contributed by atoms with Crippen LogP contribution in [0.15, 0.2) is 4.79 Å². The third-order valence-corrected chi connectivity index (χ3v) is 3.72. The highest BCUT2D eigenvalue weighted by molar-refractivity contribution is 5.97. The van der Waals surface area contributed by atoms with Crippen molar-refractivity contribution in [3.63, 3.8) is 0 Å². The highest BCUT2D eigenvalue weighted by Gasteiger charge is 2.28. The fraction of sp³-hybridized carbons (Fsp3) is 0.571. The van der Waals surface area contributed by atoms with E-state index in [9.17, 15) is 19.5 Å². The number of hydrogen-bond acceptors (Lipinski definition) is 4. The number of aromatic nitrogens is 2. The number of carbonyl (C=O) groups excluding carboxylic acids is 1. The molecule has 1 aromatic rings. The number of aryl methyl sites for hydroxylation is 2. The Bertz CT molecular complexity index is 621. The van der Waals surface area contributed by atoms with Crippen LogP contribution in [0, 0.1) is 19.8 Å². The van der Waals surface area contributed by atoms with E-state index in [1.165, 1.54) is 7.05 Å². The number of carbonyl (C=O) groups is 2. The molecule has 2 unspecified atom stereocenters. The minimum atomic E-state index is -1.11. The molecule has 0 saturated carbocycles. The van der Waals surface area contributed by atoms with Crippen LogP contribution in [0.25, 0.3) is 0 Å². The summed E-state index contributed by atoms with van der Waals surface area (Å²) >= 11 is 0. The molecule has 2 N–H and O–H groups in total. The van der Waals surface area contributed by atoms with Crippen molar-refractivity contribution in [3.8, 4) is 0 Å². The molecule has 1 rings (SSSR count). The molecule has 7 heteroatoms. The van der Waals surface area contributed by atoms with E-state index >= 15 is 0 Å². The van der Waals surface area contributed by atoms with Crippen molar-refractivity contribution >= 4 is 11.9 Å². The average molecular weight is 295 g/mol. The van der Waals surface area contributed by atoms with Crippen LogP contribution in [-0.2, 0) is 11.8 Å². The van der Waals surface area contributed by atoms with E-state index in [0.717, 1.165) is 4.68 Å². The molecular weight excluding hydrogens is 274 g/mol. The quantitative estimate of drug-likeness (QED) is 0.829. The minimum absolute atomic E-state index is 0.0560. The fourth-order valence-corrected chi connectivity index (χ4v) is 2.01. The molecule has 116 valence electrons. The van der Waals surface area contributed by atoms with Gasteiger partial charge in [0.1, 0.15) is 11.6 Å². The summed E-state index contributed by atoms with van der Waals surface area (Å²) in [4.78, 5) is 35.6. The van der Waals surface area contributed by atoms with Gasteiger partial charge in [-0.1, -0.05) is 20.3 Å². The lowest BCUT2D eigenvalue weighted by Gasteiger charge is -2.20. The maximum atomic E-state index is 12.3. The summed E-state index contributed by atoms with van der Waals surface area (Å²) in [7, 11) is 1.45. The number of carboxylic acid groups (broad SMARTS) is 1. The van der Waals surface area contributed by atoms with Gasteiger partial charge >= 0.3 is 5.97 Å². The highest BCUT2D eigenvalue weighted by atomic mass is 16.4. The Kier molecular flexibility index (Phi) is 5.23. The molecule has 0 radical (unpaired) electrons. The Morgan fingerprint density at radius 3 is 2.43 bits per heavy atom. The fourth-order valence-electron chi connectivity index (χ4n) is 2.01. The van der Waals surface area contributed by atoms with Crippen molar-refractivity contribution in [2.75, 3.05) is 0 Å². The molecule has 1 amide bonds. The van der Waals surface area contributed by atoms with Crippen molar-refractivity contribution in [2.24, 2.45) is 13.0 Å². The van der Waals surface area contributed by atoms with Crippen molar-refractivity contribution in [3.05, 3.63) is 27.2 Å². The molecular formula is C14H21N3O4. The monoisotopic (exact) mass is 295 g/mol. The summed E-state index contributed by atoms with van der Waals surface area (Å²) in [5.74, 6) is -2.03. The first-order valence-electron chi connectivity index (χ1n) is 6.78. The zero-order valence-electron chi connectivity index (χ0n) is 12.9. The second-order valence-electron chi connectivity index (χ2n) is 5.19. The van der Waals surface area contributed by atoms with Crippen LogP contribution in [0.5, 0.6) is 0 Å². The number of amides is 1. The molecule has 1 aromatic heterocycles. The molecule has 7 nitrogen and oxygen atoms in total. The Hall–Kier alpha value is -2.18. The number of hydrogen-bond donors (Lipinski definition) is 2. The van der Waals surface area contributed by atoms with Crippen molar-refractivity contribution < 1.29 is 14.7 Å². The second-order valence-corrected chi connectivity index (χ2v) is 5.19. The van der Waals surface area contributed by atoms with Gasteiger partial charge in [0, 0.05) is 7.05 Å². The first kappa shape index (κ1) is 16.9. The summed E-state index contributed by atoms with van der Waals surface area (Å²) < 4.78 is 1.08. The van der Waals surface area contributed by atoms with Crippen LogP contribution < -0.4 is 10.9 Å². The summed E-state index contributed by atoms with van der Waals surface area (Å²) in [6.07, 6.45) is 0.601. The molecule has 0 aliphatic rings. The van der Waals surface area contributed by atoms with Crippen molar-refractivity contribution in [1.29, 1.82) is 0 Å². The third kappa shape index (κ3) is 3.48. The van der Waals surface area contributed by atoms with Gasteiger partial charge in [-0.25, -0.2) is 9.48 Å². The SMILES string of the molecule is CCC(C)C(NC(=O)c1c(C)c(C)nn(C)c1=O)C(=O)O. The van der Waals surface area contributed by atoms with E-state index in [4.69, 9.17) is 0 Å². The van der Waals surface area contributed by atoms with Gasteiger partial charge in [0.2, 0.25) is 0 Å². The van der Waals surface area contributed by atoms with Gasteiger partial charge in [-0.2, -0.15) is 5.10 Å². The molecule has 0 aliphatic heterocycles. The molecule has 21 heavy (non-hydrogen) atoms. The zero-order chi connectivity index (χ0) is 16.3. The standard InChI is InChI=1S/C14H21N3O4/c1-6-7(2)11(14(20)21)15-12(18)10-8(3)9(4)16-17(5)13(10)19/h7,11H,6H2,1-5H3,(H,15,18)(H,20,21). The Labute approximate surface area is 123 Å². The average Bonchev–Trinajstić information content (AvgIpc) is 2.41. The van der Waals surface area contributed by atoms with E-state index in [1.54, 1.807) is 20.8 Å². The number of nitrogens with zero attached hydrogens (tertiary/aromatic N) is 2. The van der Waals surface area contributed by atoms with Crippen LogP contribution in [-0.4, -0.2) is 32.8 Å². The maximum absolute atomic E-state index is 12.3. The number of carboxylic acids is 1. The molecule has 1 heterocycles.